The molecule has 0 aliphatic carbocycles. The number of benzene rings is 2. The lowest BCUT2D eigenvalue weighted by atomic mass is 10.1. The highest BCUT2D eigenvalue weighted by atomic mass is 16.1. The van der Waals surface area contributed by atoms with Crippen molar-refractivity contribution in [3.63, 3.8) is 0 Å². The lowest BCUT2D eigenvalue weighted by molar-refractivity contribution is 0.102. The molecule has 0 saturated heterocycles. The number of aryl methyl sites for hydroxylation is 1. The molecular formula is C21H24N4O. The highest BCUT2D eigenvalue weighted by molar-refractivity contribution is 6.05. The van der Waals surface area contributed by atoms with E-state index in [1.165, 1.54) is 0 Å². The number of rotatable bonds is 3. The third-order valence-corrected chi connectivity index (χ3v) is 5.05. The number of fused-ring (bicyclic) bond motifs is 3. The number of amides is 1. The SMILES string of the molecule is Cc1cccc(C(=O)Nc2ccc3c(c2)nc2n3CCN(C(C)C)C2)c1. The molecular weight excluding hydrogens is 324 g/mol. The molecule has 0 fully saturated rings. The number of hydrogen-bond acceptors (Lipinski definition) is 3. The van der Waals surface area contributed by atoms with Crippen molar-refractivity contribution >= 4 is 22.6 Å². The summed E-state index contributed by atoms with van der Waals surface area (Å²) in [6.07, 6.45) is 0. The fourth-order valence-corrected chi connectivity index (χ4v) is 3.55. The van der Waals surface area contributed by atoms with E-state index in [1.54, 1.807) is 0 Å². The highest BCUT2D eigenvalue weighted by Gasteiger charge is 2.21. The van der Waals surface area contributed by atoms with Crippen molar-refractivity contribution in [3.8, 4) is 0 Å². The van der Waals surface area contributed by atoms with Crippen LogP contribution in [-0.4, -0.2) is 32.9 Å². The summed E-state index contributed by atoms with van der Waals surface area (Å²) in [5.74, 6) is 1.00. The summed E-state index contributed by atoms with van der Waals surface area (Å²) in [5.41, 5.74) is 4.59. The second-order valence-corrected chi connectivity index (χ2v) is 7.27. The van der Waals surface area contributed by atoms with Crippen molar-refractivity contribution in [1.82, 2.24) is 14.5 Å². The second kappa shape index (κ2) is 6.57. The van der Waals surface area contributed by atoms with Gasteiger partial charge in [0.2, 0.25) is 0 Å². The predicted molar refractivity (Wildman–Crippen MR) is 104 cm³/mol. The van der Waals surface area contributed by atoms with Crippen molar-refractivity contribution in [3.05, 3.63) is 59.4 Å². The van der Waals surface area contributed by atoms with Gasteiger partial charge in [0, 0.05) is 30.4 Å². The molecule has 5 nitrogen and oxygen atoms in total. The van der Waals surface area contributed by atoms with E-state index < -0.39 is 0 Å². The predicted octanol–water partition coefficient (Wildman–Crippen LogP) is 3.82. The van der Waals surface area contributed by atoms with E-state index in [4.69, 9.17) is 4.98 Å². The van der Waals surface area contributed by atoms with Gasteiger partial charge in [-0.05, 0) is 51.1 Å². The average Bonchev–Trinajstić information content (AvgIpc) is 2.98. The fraction of sp³-hybridized carbons (Fsp3) is 0.333. The lowest BCUT2D eigenvalue weighted by Gasteiger charge is -2.30. The van der Waals surface area contributed by atoms with Gasteiger partial charge in [-0.3, -0.25) is 9.69 Å². The van der Waals surface area contributed by atoms with E-state index >= 15 is 0 Å². The Balaban J connectivity index is 1.59. The second-order valence-electron chi connectivity index (χ2n) is 7.27. The minimum atomic E-state index is -0.0944. The highest BCUT2D eigenvalue weighted by Crippen LogP contribution is 2.24. The normalized spacial score (nSPS) is 14.6. The number of hydrogen-bond donors (Lipinski definition) is 1. The summed E-state index contributed by atoms with van der Waals surface area (Å²) in [6, 6.07) is 14.1. The molecule has 0 atom stereocenters. The molecule has 1 amide bonds. The first-order chi connectivity index (χ1) is 12.5. The van der Waals surface area contributed by atoms with E-state index in [0.717, 1.165) is 47.7 Å². The van der Waals surface area contributed by atoms with Gasteiger partial charge in [-0.25, -0.2) is 4.98 Å². The average molecular weight is 348 g/mol. The quantitative estimate of drug-likeness (QED) is 0.783. The largest absolute Gasteiger partial charge is 0.326 e. The lowest BCUT2D eigenvalue weighted by Crippen LogP contribution is -2.38. The smallest absolute Gasteiger partial charge is 0.255 e. The van der Waals surface area contributed by atoms with E-state index in [1.807, 2.05) is 43.3 Å². The van der Waals surface area contributed by atoms with Crippen LogP contribution in [0, 0.1) is 6.92 Å². The van der Waals surface area contributed by atoms with Crippen LogP contribution in [-0.2, 0) is 13.1 Å². The Bertz CT molecular complexity index is 973. The zero-order valence-corrected chi connectivity index (χ0v) is 15.5. The Morgan fingerprint density at radius 1 is 1.15 bits per heavy atom. The topological polar surface area (TPSA) is 50.2 Å². The zero-order chi connectivity index (χ0) is 18.3. The number of anilines is 1. The van der Waals surface area contributed by atoms with Gasteiger partial charge >= 0.3 is 0 Å². The number of carbonyl (C=O) groups excluding carboxylic acids is 1. The van der Waals surface area contributed by atoms with Gasteiger partial charge in [-0.2, -0.15) is 0 Å². The van der Waals surface area contributed by atoms with Crippen molar-refractivity contribution in [2.45, 2.75) is 39.9 Å². The Morgan fingerprint density at radius 3 is 2.77 bits per heavy atom. The fourth-order valence-electron chi connectivity index (χ4n) is 3.55. The van der Waals surface area contributed by atoms with Gasteiger partial charge in [0.05, 0.1) is 17.6 Å². The van der Waals surface area contributed by atoms with E-state index in [0.29, 0.717) is 11.6 Å². The summed E-state index contributed by atoms with van der Waals surface area (Å²) < 4.78 is 2.29. The molecule has 1 N–H and O–H groups in total. The molecule has 0 unspecified atom stereocenters. The van der Waals surface area contributed by atoms with Gasteiger partial charge in [0.1, 0.15) is 5.82 Å². The Hall–Kier alpha value is -2.66. The molecule has 1 aliphatic heterocycles. The molecule has 1 aromatic heterocycles. The van der Waals surface area contributed by atoms with Gasteiger partial charge < -0.3 is 9.88 Å². The summed E-state index contributed by atoms with van der Waals surface area (Å²) >= 11 is 0. The van der Waals surface area contributed by atoms with Crippen LogP contribution in [0.25, 0.3) is 11.0 Å². The van der Waals surface area contributed by atoms with Gasteiger partial charge in [-0.1, -0.05) is 17.7 Å². The van der Waals surface area contributed by atoms with Crippen LogP contribution >= 0.6 is 0 Å². The molecule has 5 heteroatoms. The van der Waals surface area contributed by atoms with Crippen LogP contribution < -0.4 is 5.32 Å². The molecule has 3 aromatic rings. The third kappa shape index (κ3) is 3.10. The Morgan fingerprint density at radius 2 is 2.00 bits per heavy atom. The molecule has 0 bridgehead atoms. The number of carbonyl (C=O) groups is 1. The molecule has 134 valence electrons. The van der Waals surface area contributed by atoms with Crippen LogP contribution in [0.5, 0.6) is 0 Å². The van der Waals surface area contributed by atoms with Crippen molar-refractivity contribution < 1.29 is 4.79 Å². The van der Waals surface area contributed by atoms with Crippen molar-refractivity contribution in [2.75, 3.05) is 11.9 Å². The molecule has 2 heterocycles. The first-order valence-corrected chi connectivity index (χ1v) is 9.12. The Labute approximate surface area is 153 Å². The summed E-state index contributed by atoms with van der Waals surface area (Å²) in [6.45, 7) is 9.30. The number of imidazole rings is 1. The first kappa shape index (κ1) is 16.8. The molecule has 4 rings (SSSR count). The standard InChI is InChI=1S/C21H24N4O/c1-14(2)24-9-10-25-19-8-7-17(12-18(19)23-20(25)13-24)22-21(26)16-6-4-5-15(3)11-16/h4-8,11-12,14H,9-10,13H2,1-3H3,(H,22,26). The van der Waals surface area contributed by atoms with Gasteiger partial charge in [0.25, 0.3) is 5.91 Å². The van der Waals surface area contributed by atoms with Crippen LogP contribution in [0.3, 0.4) is 0 Å². The Kier molecular flexibility index (Phi) is 4.24. The summed E-state index contributed by atoms with van der Waals surface area (Å²) in [5, 5.41) is 2.99. The minimum absolute atomic E-state index is 0.0944. The summed E-state index contributed by atoms with van der Waals surface area (Å²) in [7, 11) is 0. The van der Waals surface area contributed by atoms with Gasteiger partial charge in [0.15, 0.2) is 0 Å². The monoisotopic (exact) mass is 348 g/mol. The van der Waals surface area contributed by atoms with Crippen LogP contribution in [0.4, 0.5) is 5.69 Å². The molecule has 2 aromatic carbocycles. The van der Waals surface area contributed by atoms with Gasteiger partial charge in [-0.15, -0.1) is 0 Å². The molecule has 0 saturated carbocycles. The van der Waals surface area contributed by atoms with Crippen LogP contribution in [0.2, 0.25) is 0 Å². The number of nitrogens with one attached hydrogen (secondary N) is 1. The van der Waals surface area contributed by atoms with Crippen molar-refractivity contribution in [2.24, 2.45) is 0 Å². The minimum Gasteiger partial charge on any atom is -0.326 e. The van der Waals surface area contributed by atoms with Crippen LogP contribution in [0.15, 0.2) is 42.5 Å². The number of nitrogens with zero attached hydrogens (tertiary/aromatic N) is 3. The molecule has 1 aliphatic rings. The maximum absolute atomic E-state index is 12.5. The van der Waals surface area contributed by atoms with E-state index in [9.17, 15) is 4.79 Å². The maximum atomic E-state index is 12.5. The maximum Gasteiger partial charge on any atom is 0.255 e. The van der Waals surface area contributed by atoms with E-state index in [2.05, 4.69) is 34.7 Å². The van der Waals surface area contributed by atoms with Crippen LogP contribution in [0.1, 0.15) is 35.6 Å². The van der Waals surface area contributed by atoms with E-state index in [-0.39, 0.29) is 5.91 Å². The molecule has 26 heavy (non-hydrogen) atoms. The van der Waals surface area contributed by atoms with Crippen molar-refractivity contribution in [1.29, 1.82) is 0 Å². The number of aromatic nitrogens is 2. The summed E-state index contributed by atoms with van der Waals surface area (Å²) in [4.78, 5) is 19.7. The third-order valence-electron chi connectivity index (χ3n) is 5.05. The molecule has 0 radical (unpaired) electrons. The first-order valence-electron chi connectivity index (χ1n) is 9.12. The zero-order valence-electron chi connectivity index (χ0n) is 15.5. The molecule has 0 spiro atoms.